The second kappa shape index (κ2) is 20.8. The van der Waals surface area contributed by atoms with Gasteiger partial charge in [0.15, 0.2) is 0 Å². The van der Waals surface area contributed by atoms with Crippen LogP contribution in [0.3, 0.4) is 0 Å². The van der Waals surface area contributed by atoms with Gasteiger partial charge in [-0.3, -0.25) is 9.55 Å². The molecule has 0 aliphatic heterocycles. The fourth-order valence-corrected chi connectivity index (χ4v) is 18.0. The van der Waals surface area contributed by atoms with Crippen LogP contribution < -0.4 is 0 Å². The number of phenols is 1. The largest absolute Gasteiger partial charge is 0.507 e. The zero-order valence-corrected chi connectivity index (χ0v) is 58.3. The number of aromatic nitrogens is 4. The number of furan rings is 2. The first kappa shape index (κ1) is 59.9. The van der Waals surface area contributed by atoms with Gasteiger partial charge < -0.3 is 18.5 Å². The summed E-state index contributed by atoms with van der Waals surface area (Å²) < 4.78 is 19.4. The minimum Gasteiger partial charge on any atom is -0.507 e. The van der Waals surface area contributed by atoms with Crippen molar-refractivity contribution < 1.29 is 35.0 Å². The van der Waals surface area contributed by atoms with E-state index in [1.807, 2.05) is 0 Å². The quantitative estimate of drug-likeness (QED) is 0.161. The fourth-order valence-electron chi connectivity index (χ4n) is 18.0. The molecule has 0 bridgehead atoms. The number of phenolic OH excluding ortho intramolecular Hbond substituents is 1. The van der Waals surface area contributed by atoms with E-state index >= 15 is 0 Å². The Morgan fingerprint density at radius 1 is 0.417 bits per heavy atom. The zero-order chi connectivity index (χ0) is 65.0. The van der Waals surface area contributed by atoms with Gasteiger partial charge in [-0.25, -0.2) is 4.98 Å². The van der Waals surface area contributed by atoms with E-state index in [4.69, 9.17) is 18.8 Å². The van der Waals surface area contributed by atoms with Gasteiger partial charge in [-0.1, -0.05) is 257 Å². The van der Waals surface area contributed by atoms with Crippen LogP contribution in [0.5, 0.6) is 5.75 Å². The van der Waals surface area contributed by atoms with Crippen LogP contribution in [0.15, 0.2) is 221 Å². The number of hydrogen-bond donors (Lipinski definition) is 1. The Bertz CT molecular complexity index is 5970. The molecule has 0 unspecified atom stereocenters. The predicted octanol–water partition coefficient (Wildman–Crippen LogP) is 23.5. The van der Waals surface area contributed by atoms with Gasteiger partial charge in [0.05, 0.1) is 44.7 Å². The average molecular weight is 1430 g/mol. The number of benzene rings is 12. The van der Waals surface area contributed by atoms with E-state index in [9.17, 15) is 5.11 Å². The van der Waals surface area contributed by atoms with E-state index in [2.05, 4.69) is 304 Å². The Morgan fingerprint density at radius 2 is 0.875 bits per heavy atom. The first-order valence-electron chi connectivity index (χ1n) is 33.5. The molecule has 4 aromatic heterocycles. The van der Waals surface area contributed by atoms with Gasteiger partial charge in [0.2, 0.25) is 0 Å². The van der Waals surface area contributed by atoms with E-state index in [0.29, 0.717) is 28.1 Å². The maximum atomic E-state index is 13.6. The van der Waals surface area contributed by atoms with Gasteiger partial charge in [-0.05, 0) is 132 Å². The summed E-state index contributed by atoms with van der Waals surface area (Å²) in [5, 5.41) is 22.0. The summed E-state index contributed by atoms with van der Waals surface area (Å²) in [6.07, 6.45) is 2.11. The van der Waals surface area contributed by atoms with Crippen molar-refractivity contribution in [1.82, 2.24) is 19.1 Å². The third-order valence-electron chi connectivity index (χ3n) is 21.3. The number of rotatable bonds is 7. The summed E-state index contributed by atoms with van der Waals surface area (Å²) in [4.78, 5) is 11.5. The summed E-state index contributed by atoms with van der Waals surface area (Å²) >= 11 is 0. The molecule has 474 valence electrons. The van der Waals surface area contributed by atoms with Crippen molar-refractivity contribution >= 4 is 87.5 Å². The van der Waals surface area contributed by atoms with Crippen LogP contribution in [0.25, 0.3) is 155 Å². The third-order valence-corrected chi connectivity index (χ3v) is 21.3. The summed E-state index contributed by atoms with van der Waals surface area (Å²) in [7, 11) is 0. The second-order valence-corrected chi connectivity index (χ2v) is 30.7. The molecule has 0 saturated carbocycles. The van der Waals surface area contributed by atoms with Crippen molar-refractivity contribution in [1.29, 1.82) is 0 Å². The van der Waals surface area contributed by atoms with Crippen LogP contribution in [-0.4, -0.2) is 24.2 Å². The maximum absolute atomic E-state index is 13.6. The molecule has 4 heterocycles. The Kier molecular flexibility index (Phi) is 13.0. The van der Waals surface area contributed by atoms with Gasteiger partial charge >= 0.3 is 0 Å². The summed E-state index contributed by atoms with van der Waals surface area (Å²) in [6, 6.07) is 80.1. The van der Waals surface area contributed by atoms with Gasteiger partial charge in [0.1, 0.15) is 28.3 Å². The molecule has 2 aliphatic carbocycles. The summed E-state index contributed by atoms with van der Waals surface area (Å²) in [5.74, 6) is 1.45. The van der Waals surface area contributed by atoms with Crippen LogP contribution >= 0.6 is 0 Å². The SMILES string of the molecule is CC(C)(C)c1c(O)c(-c2nc3c(-c4[c-]c(-c5nc6ccccc6n5-c5ccccc5-c5ccccc5)cc5c4oc4c6ccc7c(c6ccc54)C(C)(C)CC7(C)C)cccc3n2-c2ccccc2-c2ccccc2)cc2c1oc1c3ccc4c(c3ccc21)C(C)(C)CC4(C)C.[Pt]. The van der Waals surface area contributed by atoms with E-state index in [0.717, 1.165) is 135 Å². The molecule has 12 aromatic carbocycles. The maximum Gasteiger partial charge on any atom is 0.148 e. The fraction of sp³-hybridized carbons (Fsp3) is 0.205. The molecule has 8 heteroatoms. The van der Waals surface area contributed by atoms with Gasteiger partial charge in [-0.15, -0.1) is 12.1 Å². The number of nitrogens with zero attached hydrogens (tertiary/aromatic N) is 4. The molecular formula is C88H73N4O3Pt-. The molecule has 0 radical (unpaired) electrons. The number of para-hydroxylation sites is 5. The first-order valence-corrected chi connectivity index (χ1v) is 33.5. The van der Waals surface area contributed by atoms with Crippen LogP contribution in [0.2, 0.25) is 0 Å². The van der Waals surface area contributed by atoms with Crippen molar-refractivity contribution in [2.45, 2.75) is 116 Å². The van der Waals surface area contributed by atoms with Crippen molar-refractivity contribution in [3.63, 3.8) is 0 Å². The van der Waals surface area contributed by atoms with Crippen LogP contribution in [-0.2, 0) is 48.1 Å². The van der Waals surface area contributed by atoms with Crippen molar-refractivity contribution in [2.75, 3.05) is 0 Å². The average Bonchev–Trinajstić information content (AvgIpc) is 1.55. The molecule has 0 fully saturated rings. The molecule has 0 amide bonds. The van der Waals surface area contributed by atoms with E-state index in [1.165, 1.54) is 33.0 Å². The van der Waals surface area contributed by atoms with Crippen LogP contribution in [0.4, 0.5) is 0 Å². The second-order valence-electron chi connectivity index (χ2n) is 30.7. The molecule has 18 rings (SSSR count). The minimum absolute atomic E-state index is 0. The monoisotopic (exact) mass is 1430 g/mol. The molecule has 1 N–H and O–H groups in total. The predicted molar refractivity (Wildman–Crippen MR) is 393 cm³/mol. The molecule has 7 nitrogen and oxygen atoms in total. The number of hydrogen-bond acceptors (Lipinski definition) is 5. The number of imidazole rings is 2. The molecule has 96 heavy (non-hydrogen) atoms. The van der Waals surface area contributed by atoms with Crippen molar-refractivity contribution in [3.8, 4) is 73.3 Å². The van der Waals surface area contributed by atoms with Crippen LogP contribution in [0, 0.1) is 6.07 Å². The van der Waals surface area contributed by atoms with Crippen molar-refractivity contribution in [3.05, 3.63) is 246 Å². The van der Waals surface area contributed by atoms with Crippen molar-refractivity contribution in [2.24, 2.45) is 0 Å². The summed E-state index contributed by atoms with van der Waals surface area (Å²) in [6.45, 7) is 25.5. The molecule has 0 atom stereocenters. The number of aromatic hydroxyl groups is 1. The zero-order valence-electron chi connectivity index (χ0n) is 56.0. The smallest absolute Gasteiger partial charge is 0.148 e. The molecule has 0 saturated heterocycles. The van der Waals surface area contributed by atoms with E-state index in [-0.39, 0.29) is 48.5 Å². The van der Waals surface area contributed by atoms with Crippen LogP contribution in [0.1, 0.15) is 117 Å². The molecular weight excluding hydrogens is 1360 g/mol. The Morgan fingerprint density at radius 3 is 1.45 bits per heavy atom. The Hall–Kier alpha value is -9.81. The molecule has 0 spiro atoms. The molecule has 2 aliphatic rings. The standard InChI is InChI=1S/C88H73N4O3.Pt/c1-84(2,3)75-77(93)65(47-64-61-40-38-56-59(79(61)95-81(64)75)42-44-67-74(56)88(10,11)49-86(67,6)7)83-90-76-57(31-24-36-72(76)92(83)70-34-22-19-30-54(70)51-27-16-13-17-28-51)62-45-52(82-89-68-32-20-23-35-71(68)91(82)69-33-21-18-29-53(69)50-25-14-12-15-26-50)46-63-60-39-37-55-58(78(60)94-80(62)63)41-43-66-73(55)87(8,9)48-85(66,4)5;/h12-44,46-47,93H,48-49H2,1-11H3;/q-1;. The van der Waals surface area contributed by atoms with E-state index < -0.39 is 5.41 Å². The summed E-state index contributed by atoms with van der Waals surface area (Å²) in [5.41, 5.74) is 21.3. The first-order chi connectivity index (χ1) is 45.6. The van der Waals surface area contributed by atoms with Gasteiger partial charge in [0.25, 0.3) is 0 Å². The Balaban J connectivity index is 0.00000697. The Labute approximate surface area is 573 Å². The third kappa shape index (κ3) is 8.67. The topological polar surface area (TPSA) is 82.2 Å². The van der Waals surface area contributed by atoms with Gasteiger partial charge in [-0.2, -0.15) is 0 Å². The number of fused-ring (bicyclic) bond motifs is 16. The normalized spacial score (nSPS) is 15.4. The minimum atomic E-state index is -0.574. The van der Waals surface area contributed by atoms with Gasteiger partial charge in [0, 0.05) is 70.4 Å². The van der Waals surface area contributed by atoms with E-state index in [1.54, 1.807) is 0 Å². The molecule has 16 aromatic rings.